The van der Waals surface area contributed by atoms with Gasteiger partial charge in [-0.15, -0.1) is 0 Å². The topological polar surface area (TPSA) is 67.2 Å². The van der Waals surface area contributed by atoms with Crippen molar-refractivity contribution in [2.75, 3.05) is 25.6 Å². The Morgan fingerprint density at radius 1 is 1.12 bits per heavy atom. The first-order valence-corrected chi connectivity index (χ1v) is 8.04. The molecule has 5 heteroatoms. The highest BCUT2D eigenvalue weighted by atomic mass is 16.5. The van der Waals surface area contributed by atoms with Crippen molar-refractivity contribution >= 4 is 16.6 Å². The summed E-state index contributed by atoms with van der Waals surface area (Å²) in [6.07, 6.45) is 0. The molecule has 0 bridgehead atoms. The Hall–Kier alpha value is -3.10. The molecule has 0 spiro atoms. The van der Waals surface area contributed by atoms with E-state index >= 15 is 0 Å². The zero-order valence-electron chi connectivity index (χ0n) is 14.0. The number of pyridine rings is 1. The lowest BCUT2D eigenvalue weighted by atomic mass is 10.1. The largest absolute Gasteiger partial charge is 0.497 e. The van der Waals surface area contributed by atoms with Gasteiger partial charge in [0, 0.05) is 17.6 Å². The van der Waals surface area contributed by atoms with Crippen molar-refractivity contribution in [2.24, 2.45) is 0 Å². The van der Waals surface area contributed by atoms with Gasteiger partial charge in [-0.25, -0.2) is 4.98 Å². The number of nitrogens with zero attached hydrogens (tertiary/aromatic N) is 2. The standard InChI is InChI=1S/C20H19N3O2/c1-24-17-6-4-5-15(11-17)14-25-10-9-22-20-12-16(13-21)23-19-8-3-2-7-18(19)20/h2-8,11-12H,9-10,14H2,1H3,(H,22,23). The fraction of sp³-hybridized carbons (Fsp3) is 0.200. The zero-order valence-corrected chi connectivity index (χ0v) is 14.0. The number of aromatic nitrogens is 1. The van der Waals surface area contributed by atoms with E-state index in [9.17, 15) is 0 Å². The molecule has 0 fully saturated rings. The minimum Gasteiger partial charge on any atom is -0.497 e. The molecule has 25 heavy (non-hydrogen) atoms. The summed E-state index contributed by atoms with van der Waals surface area (Å²) >= 11 is 0. The number of methoxy groups -OCH3 is 1. The molecule has 3 aromatic rings. The fourth-order valence-corrected chi connectivity index (χ4v) is 2.59. The zero-order chi connectivity index (χ0) is 17.5. The van der Waals surface area contributed by atoms with E-state index < -0.39 is 0 Å². The molecular weight excluding hydrogens is 314 g/mol. The summed E-state index contributed by atoms with van der Waals surface area (Å²) in [7, 11) is 1.65. The normalized spacial score (nSPS) is 10.4. The molecule has 0 aliphatic carbocycles. The first-order valence-electron chi connectivity index (χ1n) is 8.04. The van der Waals surface area contributed by atoms with Crippen LogP contribution >= 0.6 is 0 Å². The number of para-hydroxylation sites is 1. The maximum Gasteiger partial charge on any atom is 0.143 e. The number of nitriles is 1. The molecule has 0 aliphatic heterocycles. The van der Waals surface area contributed by atoms with E-state index in [0.29, 0.717) is 25.5 Å². The average Bonchev–Trinajstić information content (AvgIpc) is 2.67. The van der Waals surface area contributed by atoms with E-state index in [2.05, 4.69) is 16.4 Å². The lowest BCUT2D eigenvalue weighted by molar-refractivity contribution is 0.130. The van der Waals surface area contributed by atoms with Crippen LogP contribution in [0.3, 0.4) is 0 Å². The van der Waals surface area contributed by atoms with Gasteiger partial charge >= 0.3 is 0 Å². The third-order valence-corrected chi connectivity index (χ3v) is 3.80. The molecule has 0 saturated carbocycles. The Bertz CT molecular complexity index is 903. The maximum atomic E-state index is 9.12. The number of nitrogens with one attached hydrogen (secondary N) is 1. The predicted octanol–water partition coefficient (Wildman–Crippen LogP) is 3.74. The summed E-state index contributed by atoms with van der Waals surface area (Å²) in [4.78, 5) is 4.31. The van der Waals surface area contributed by atoms with Crippen molar-refractivity contribution in [1.82, 2.24) is 4.98 Å². The Kier molecular flexibility index (Phi) is 5.45. The summed E-state index contributed by atoms with van der Waals surface area (Å²) in [5.74, 6) is 0.825. The van der Waals surface area contributed by atoms with Crippen LogP contribution in [0.1, 0.15) is 11.3 Å². The molecule has 0 atom stereocenters. The summed E-state index contributed by atoms with van der Waals surface area (Å²) in [5, 5.41) is 13.4. The monoisotopic (exact) mass is 333 g/mol. The molecule has 0 unspecified atom stereocenters. The SMILES string of the molecule is COc1cccc(COCCNc2cc(C#N)nc3ccccc23)c1. The van der Waals surface area contributed by atoms with Crippen LogP contribution in [0.4, 0.5) is 5.69 Å². The molecule has 1 heterocycles. The van der Waals surface area contributed by atoms with Crippen LogP contribution in [0.2, 0.25) is 0 Å². The van der Waals surface area contributed by atoms with Gasteiger partial charge in [-0.3, -0.25) is 0 Å². The van der Waals surface area contributed by atoms with Gasteiger partial charge in [0.2, 0.25) is 0 Å². The highest BCUT2D eigenvalue weighted by Crippen LogP contribution is 2.22. The molecule has 126 valence electrons. The van der Waals surface area contributed by atoms with Crippen molar-refractivity contribution < 1.29 is 9.47 Å². The highest BCUT2D eigenvalue weighted by Gasteiger charge is 2.05. The van der Waals surface area contributed by atoms with Crippen molar-refractivity contribution in [3.63, 3.8) is 0 Å². The Balaban J connectivity index is 1.57. The third-order valence-electron chi connectivity index (χ3n) is 3.80. The lowest BCUT2D eigenvalue weighted by Crippen LogP contribution is -2.10. The Labute approximate surface area is 146 Å². The predicted molar refractivity (Wildman–Crippen MR) is 97.6 cm³/mol. The van der Waals surface area contributed by atoms with Crippen molar-refractivity contribution in [1.29, 1.82) is 5.26 Å². The second kappa shape index (κ2) is 8.13. The van der Waals surface area contributed by atoms with Gasteiger partial charge in [-0.1, -0.05) is 30.3 Å². The molecule has 2 aromatic carbocycles. The second-order valence-electron chi connectivity index (χ2n) is 5.51. The van der Waals surface area contributed by atoms with Gasteiger partial charge < -0.3 is 14.8 Å². The van der Waals surface area contributed by atoms with Crippen molar-refractivity contribution in [3.05, 3.63) is 65.9 Å². The van der Waals surface area contributed by atoms with E-state index in [4.69, 9.17) is 14.7 Å². The molecule has 0 saturated heterocycles. The first kappa shape index (κ1) is 16.7. The van der Waals surface area contributed by atoms with E-state index in [1.807, 2.05) is 48.5 Å². The van der Waals surface area contributed by atoms with Crippen LogP contribution in [0.25, 0.3) is 10.9 Å². The van der Waals surface area contributed by atoms with Gasteiger partial charge in [0.05, 0.1) is 25.8 Å². The number of anilines is 1. The van der Waals surface area contributed by atoms with Crippen LogP contribution < -0.4 is 10.1 Å². The molecule has 0 amide bonds. The average molecular weight is 333 g/mol. The fourth-order valence-electron chi connectivity index (χ4n) is 2.59. The molecule has 3 rings (SSSR count). The number of hydrogen-bond donors (Lipinski definition) is 1. The van der Waals surface area contributed by atoms with E-state index in [1.54, 1.807) is 13.2 Å². The summed E-state index contributed by atoms with van der Waals surface area (Å²) in [6.45, 7) is 1.72. The van der Waals surface area contributed by atoms with Gasteiger partial charge in [0.1, 0.15) is 17.5 Å². The number of fused-ring (bicyclic) bond motifs is 1. The summed E-state index contributed by atoms with van der Waals surface area (Å²) in [5.41, 5.74) is 3.17. The van der Waals surface area contributed by atoms with Crippen LogP contribution in [-0.2, 0) is 11.3 Å². The number of benzene rings is 2. The highest BCUT2D eigenvalue weighted by molar-refractivity contribution is 5.91. The van der Waals surface area contributed by atoms with Gasteiger partial charge in [0.15, 0.2) is 0 Å². The van der Waals surface area contributed by atoms with Gasteiger partial charge in [-0.05, 0) is 29.8 Å². The van der Waals surface area contributed by atoms with Crippen LogP contribution in [0.15, 0.2) is 54.6 Å². The van der Waals surface area contributed by atoms with Crippen molar-refractivity contribution in [3.8, 4) is 11.8 Å². The first-order chi connectivity index (χ1) is 12.3. The van der Waals surface area contributed by atoms with Crippen LogP contribution in [0, 0.1) is 11.3 Å². The number of hydrogen-bond acceptors (Lipinski definition) is 5. The molecular formula is C20H19N3O2. The van der Waals surface area contributed by atoms with E-state index in [0.717, 1.165) is 27.9 Å². The minimum atomic E-state index is 0.401. The van der Waals surface area contributed by atoms with Gasteiger partial charge in [0.25, 0.3) is 0 Å². The quantitative estimate of drug-likeness (QED) is 0.667. The maximum absolute atomic E-state index is 9.12. The smallest absolute Gasteiger partial charge is 0.143 e. The van der Waals surface area contributed by atoms with Gasteiger partial charge in [-0.2, -0.15) is 5.26 Å². The molecule has 1 N–H and O–H groups in total. The van der Waals surface area contributed by atoms with Crippen LogP contribution in [-0.4, -0.2) is 25.2 Å². The van der Waals surface area contributed by atoms with E-state index in [-0.39, 0.29) is 0 Å². The summed E-state index contributed by atoms with van der Waals surface area (Å²) in [6, 6.07) is 19.5. The third kappa shape index (κ3) is 4.25. The number of rotatable bonds is 7. The summed E-state index contributed by atoms with van der Waals surface area (Å²) < 4.78 is 10.9. The molecule has 0 radical (unpaired) electrons. The molecule has 0 aliphatic rings. The lowest BCUT2D eigenvalue weighted by Gasteiger charge is -2.11. The molecule has 1 aromatic heterocycles. The van der Waals surface area contributed by atoms with Crippen molar-refractivity contribution in [2.45, 2.75) is 6.61 Å². The Morgan fingerprint density at radius 2 is 2.00 bits per heavy atom. The van der Waals surface area contributed by atoms with Crippen LogP contribution in [0.5, 0.6) is 5.75 Å². The number of ether oxygens (including phenoxy) is 2. The van der Waals surface area contributed by atoms with E-state index in [1.165, 1.54) is 0 Å². The second-order valence-corrected chi connectivity index (χ2v) is 5.51. The Morgan fingerprint density at radius 3 is 2.84 bits per heavy atom. The minimum absolute atomic E-state index is 0.401. The molecule has 5 nitrogen and oxygen atoms in total.